The lowest BCUT2D eigenvalue weighted by molar-refractivity contribution is -0.0901. The molecule has 0 saturated carbocycles. The fourth-order valence-corrected chi connectivity index (χ4v) is 2.11. The molecule has 1 aromatic carbocycles. The van der Waals surface area contributed by atoms with Gasteiger partial charge in [-0.1, -0.05) is 30.3 Å². The summed E-state index contributed by atoms with van der Waals surface area (Å²) in [6.07, 6.45) is -3.57. The summed E-state index contributed by atoms with van der Waals surface area (Å²) in [7, 11) is 0. The van der Waals surface area contributed by atoms with Crippen LogP contribution in [0.2, 0.25) is 0 Å². The molecule has 0 N–H and O–H groups in total. The molecule has 0 radical (unpaired) electrons. The first-order valence-corrected chi connectivity index (χ1v) is 6.05. The van der Waals surface area contributed by atoms with Crippen LogP contribution in [0.5, 0.6) is 0 Å². The van der Waals surface area contributed by atoms with Crippen molar-refractivity contribution in [3.8, 4) is 0 Å². The third-order valence-corrected chi connectivity index (χ3v) is 2.98. The number of rotatable bonds is 4. The molecular weight excluding hydrogens is 285 g/mol. The van der Waals surface area contributed by atoms with Crippen molar-refractivity contribution in [3.63, 3.8) is 0 Å². The smallest absolute Gasteiger partial charge is 0.373 e. The third-order valence-electron chi connectivity index (χ3n) is 2.98. The Morgan fingerprint density at radius 1 is 1.10 bits per heavy atom. The van der Waals surface area contributed by atoms with Gasteiger partial charge >= 0.3 is 6.18 Å². The average molecular weight is 296 g/mol. The van der Waals surface area contributed by atoms with Crippen LogP contribution in [0.4, 0.5) is 13.2 Å². The van der Waals surface area contributed by atoms with Crippen LogP contribution < -0.4 is 0 Å². The van der Waals surface area contributed by atoms with Crippen LogP contribution in [-0.2, 0) is 4.74 Å². The minimum atomic E-state index is -4.91. The molecule has 1 aromatic rings. The third kappa shape index (κ3) is 2.80. The summed E-state index contributed by atoms with van der Waals surface area (Å²) in [5.74, 6) is -2.03. The van der Waals surface area contributed by atoms with E-state index in [1.807, 2.05) is 0 Å². The van der Waals surface area contributed by atoms with Gasteiger partial charge in [0.05, 0.1) is 13.2 Å². The van der Waals surface area contributed by atoms with Gasteiger partial charge in [0.25, 0.3) is 0 Å². The fraction of sp³-hybridized carbons (Fsp3) is 0.200. The SMILES string of the molecule is C=CCOCC1=C(C(F)(F)F)C(=O)c2ccccc2C1=O. The maximum absolute atomic E-state index is 13.1. The molecule has 1 aliphatic rings. The molecule has 0 atom stereocenters. The number of Topliss-reactive ketones (excluding diaryl/α,β-unsaturated/α-hetero) is 2. The van der Waals surface area contributed by atoms with Gasteiger partial charge < -0.3 is 4.74 Å². The topological polar surface area (TPSA) is 43.4 Å². The highest BCUT2D eigenvalue weighted by atomic mass is 19.4. The number of halogens is 3. The number of ether oxygens (including phenoxy) is 1. The first-order chi connectivity index (χ1) is 9.88. The monoisotopic (exact) mass is 296 g/mol. The van der Waals surface area contributed by atoms with E-state index >= 15 is 0 Å². The van der Waals surface area contributed by atoms with E-state index in [2.05, 4.69) is 6.58 Å². The molecule has 2 rings (SSSR count). The first kappa shape index (κ1) is 15.2. The zero-order valence-electron chi connectivity index (χ0n) is 10.9. The lowest BCUT2D eigenvalue weighted by Gasteiger charge is -2.22. The number of benzene rings is 1. The van der Waals surface area contributed by atoms with Gasteiger partial charge in [-0.05, 0) is 0 Å². The highest BCUT2D eigenvalue weighted by Crippen LogP contribution is 2.36. The molecule has 0 amide bonds. The summed E-state index contributed by atoms with van der Waals surface area (Å²) in [4.78, 5) is 24.2. The van der Waals surface area contributed by atoms with Crippen molar-refractivity contribution in [3.05, 3.63) is 59.2 Å². The van der Waals surface area contributed by atoms with Gasteiger partial charge in [0.2, 0.25) is 0 Å². The number of hydrogen-bond acceptors (Lipinski definition) is 3. The zero-order chi connectivity index (χ0) is 15.6. The number of allylic oxidation sites excluding steroid dienone is 1. The number of fused-ring (bicyclic) bond motifs is 1. The number of carbonyl (C=O) groups excluding carboxylic acids is 2. The Morgan fingerprint density at radius 2 is 1.67 bits per heavy atom. The molecule has 21 heavy (non-hydrogen) atoms. The molecule has 0 saturated heterocycles. The van der Waals surface area contributed by atoms with Crippen molar-refractivity contribution in [2.45, 2.75) is 6.18 Å². The van der Waals surface area contributed by atoms with E-state index < -0.39 is 35.5 Å². The Kier molecular flexibility index (Phi) is 4.09. The van der Waals surface area contributed by atoms with Crippen molar-refractivity contribution < 1.29 is 27.5 Å². The number of ketones is 2. The molecule has 0 aliphatic heterocycles. The minimum Gasteiger partial charge on any atom is -0.373 e. The molecule has 0 aromatic heterocycles. The number of carbonyl (C=O) groups is 2. The predicted molar refractivity (Wildman–Crippen MR) is 69.2 cm³/mol. The molecular formula is C15H11F3O3. The minimum absolute atomic E-state index is 0.0161. The largest absolute Gasteiger partial charge is 0.420 e. The van der Waals surface area contributed by atoms with Crippen molar-refractivity contribution in [1.82, 2.24) is 0 Å². The summed E-state index contributed by atoms with van der Waals surface area (Å²) in [6.45, 7) is 2.77. The maximum Gasteiger partial charge on any atom is 0.420 e. The second-order valence-corrected chi connectivity index (χ2v) is 4.36. The summed E-state index contributed by atoms with van der Waals surface area (Å²) < 4.78 is 44.3. The quantitative estimate of drug-likeness (QED) is 0.633. The summed E-state index contributed by atoms with van der Waals surface area (Å²) in [5.41, 5.74) is -2.38. The van der Waals surface area contributed by atoms with Gasteiger partial charge in [-0.15, -0.1) is 6.58 Å². The van der Waals surface area contributed by atoms with E-state index in [0.717, 1.165) is 0 Å². The van der Waals surface area contributed by atoms with E-state index in [1.54, 1.807) is 0 Å². The molecule has 0 spiro atoms. The predicted octanol–water partition coefficient (Wildman–Crippen LogP) is 3.13. The van der Waals surface area contributed by atoms with E-state index in [9.17, 15) is 22.8 Å². The van der Waals surface area contributed by atoms with Crippen LogP contribution in [0, 0.1) is 0 Å². The first-order valence-electron chi connectivity index (χ1n) is 6.05. The van der Waals surface area contributed by atoms with Crippen LogP contribution in [0.25, 0.3) is 0 Å². The molecule has 1 aliphatic carbocycles. The second kappa shape index (κ2) is 5.65. The van der Waals surface area contributed by atoms with Crippen LogP contribution in [-0.4, -0.2) is 31.0 Å². The van der Waals surface area contributed by atoms with E-state index in [0.29, 0.717) is 0 Å². The molecule has 110 valence electrons. The maximum atomic E-state index is 13.1. The molecule has 3 nitrogen and oxygen atoms in total. The molecule has 0 fully saturated rings. The highest BCUT2D eigenvalue weighted by molar-refractivity contribution is 6.27. The van der Waals surface area contributed by atoms with Crippen molar-refractivity contribution >= 4 is 11.6 Å². The Labute approximate surface area is 118 Å². The Bertz CT molecular complexity index is 642. The Hall–Kier alpha value is -2.21. The van der Waals surface area contributed by atoms with Crippen LogP contribution in [0.15, 0.2) is 48.1 Å². The summed E-state index contributed by atoms with van der Waals surface area (Å²) in [6, 6.07) is 5.45. The van der Waals surface area contributed by atoms with E-state index in [1.165, 1.54) is 30.3 Å². The van der Waals surface area contributed by atoms with Gasteiger partial charge in [-0.3, -0.25) is 9.59 Å². The summed E-state index contributed by atoms with van der Waals surface area (Å²) in [5, 5.41) is 0. The van der Waals surface area contributed by atoms with Gasteiger partial charge in [0, 0.05) is 16.7 Å². The van der Waals surface area contributed by atoms with Crippen LogP contribution in [0.3, 0.4) is 0 Å². The normalized spacial score (nSPS) is 15.2. The average Bonchev–Trinajstić information content (AvgIpc) is 2.43. The molecule has 0 unspecified atom stereocenters. The van der Waals surface area contributed by atoms with Crippen molar-refractivity contribution in [2.24, 2.45) is 0 Å². The fourth-order valence-electron chi connectivity index (χ4n) is 2.11. The zero-order valence-corrected chi connectivity index (χ0v) is 10.9. The lowest BCUT2D eigenvalue weighted by atomic mass is 9.84. The van der Waals surface area contributed by atoms with Gasteiger partial charge in [-0.2, -0.15) is 13.2 Å². The molecule has 0 bridgehead atoms. The number of alkyl halides is 3. The standard InChI is InChI=1S/C15H11F3O3/c1-2-7-21-8-11-12(15(16,17)18)14(20)10-6-4-3-5-9(10)13(11)19/h2-6H,1,7-8H2. The number of hydrogen-bond donors (Lipinski definition) is 0. The molecule has 0 heterocycles. The second-order valence-electron chi connectivity index (χ2n) is 4.36. The Balaban J connectivity index is 2.55. The van der Waals surface area contributed by atoms with Crippen LogP contribution >= 0.6 is 0 Å². The van der Waals surface area contributed by atoms with Crippen molar-refractivity contribution in [1.29, 1.82) is 0 Å². The van der Waals surface area contributed by atoms with Gasteiger partial charge in [-0.25, -0.2) is 0 Å². The highest BCUT2D eigenvalue weighted by Gasteiger charge is 2.46. The van der Waals surface area contributed by atoms with Crippen molar-refractivity contribution in [2.75, 3.05) is 13.2 Å². The van der Waals surface area contributed by atoms with Gasteiger partial charge in [0.1, 0.15) is 5.57 Å². The van der Waals surface area contributed by atoms with E-state index in [4.69, 9.17) is 4.74 Å². The molecule has 6 heteroatoms. The van der Waals surface area contributed by atoms with E-state index in [-0.39, 0.29) is 17.7 Å². The van der Waals surface area contributed by atoms with Crippen LogP contribution in [0.1, 0.15) is 20.7 Å². The van der Waals surface area contributed by atoms with Gasteiger partial charge in [0.15, 0.2) is 11.6 Å². The lowest BCUT2D eigenvalue weighted by Crippen LogP contribution is -2.32. The summed E-state index contributed by atoms with van der Waals surface area (Å²) >= 11 is 0. The Morgan fingerprint density at radius 3 is 2.19 bits per heavy atom.